The Bertz CT molecular complexity index is 1000. The smallest absolute Gasteiger partial charge is 0.251 e. The van der Waals surface area contributed by atoms with E-state index in [4.69, 9.17) is 9.47 Å². The molecule has 0 aromatic heterocycles. The van der Waals surface area contributed by atoms with E-state index < -0.39 is 10.0 Å². The van der Waals surface area contributed by atoms with Gasteiger partial charge >= 0.3 is 0 Å². The molecule has 3 rings (SSSR count). The van der Waals surface area contributed by atoms with E-state index in [2.05, 4.69) is 5.32 Å². The number of sulfonamides is 1. The Hall–Kier alpha value is -2.74. The van der Waals surface area contributed by atoms with Gasteiger partial charge in [0.15, 0.2) is 11.5 Å². The number of nitrogens with zero attached hydrogens (tertiary/aromatic N) is 1. The first-order valence-electron chi connectivity index (χ1n) is 8.88. The van der Waals surface area contributed by atoms with Crippen molar-refractivity contribution < 1.29 is 22.7 Å². The van der Waals surface area contributed by atoms with Crippen LogP contribution in [-0.4, -0.2) is 41.3 Å². The monoisotopic (exact) mass is 404 g/mol. The van der Waals surface area contributed by atoms with Crippen LogP contribution in [0.15, 0.2) is 36.4 Å². The van der Waals surface area contributed by atoms with Gasteiger partial charge in [0, 0.05) is 12.1 Å². The Balaban J connectivity index is 1.77. The van der Waals surface area contributed by atoms with E-state index in [1.54, 1.807) is 38.5 Å². The van der Waals surface area contributed by atoms with Crippen molar-refractivity contribution in [2.45, 2.75) is 19.4 Å². The van der Waals surface area contributed by atoms with Gasteiger partial charge in [0.25, 0.3) is 5.91 Å². The molecule has 1 aliphatic rings. The minimum atomic E-state index is -3.31. The molecule has 1 heterocycles. The quantitative estimate of drug-likeness (QED) is 0.800. The normalized spacial score (nSPS) is 14.4. The molecule has 0 saturated carbocycles. The Morgan fingerprint density at radius 2 is 1.82 bits per heavy atom. The van der Waals surface area contributed by atoms with Crippen molar-refractivity contribution in [1.29, 1.82) is 0 Å². The number of hydrogen-bond acceptors (Lipinski definition) is 5. The third-order valence-corrected chi connectivity index (χ3v) is 6.03. The van der Waals surface area contributed by atoms with Crippen molar-refractivity contribution in [2.75, 3.05) is 31.3 Å². The third-order valence-electron chi connectivity index (χ3n) is 4.85. The van der Waals surface area contributed by atoms with Crippen molar-refractivity contribution in [3.05, 3.63) is 53.1 Å². The molecule has 1 atom stereocenters. The fraction of sp³-hybridized carbons (Fsp3) is 0.350. The van der Waals surface area contributed by atoms with Gasteiger partial charge in [0.05, 0.1) is 32.2 Å². The summed E-state index contributed by atoms with van der Waals surface area (Å²) in [6, 6.07) is 10.4. The number of nitrogens with one attached hydrogen (secondary N) is 1. The molecule has 1 amide bonds. The predicted molar refractivity (Wildman–Crippen MR) is 108 cm³/mol. The summed E-state index contributed by atoms with van der Waals surface area (Å²) in [6.07, 6.45) is 1.78. The second-order valence-corrected chi connectivity index (χ2v) is 8.65. The first kappa shape index (κ1) is 20.0. The number of ether oxygens (including phenoxy) is 2. The Morgan fingerprint density at radius 3 is 2.46 bits per heavy atom. The highest BCUT2D eigenvalue weighted by molar-refractivity contribution is 7.92. The molecule has 0 unspecified atom stereocenters. The molecule has 28 heavy (non-hydrogen) atoms. The van der Waals surface area contributed by atoms with Gasteiger partial charge in [-0.1, -0.05) is 6.07 Å². The molecule has 0 spiro atoms. The topological polar surface area (TPSA) is 84.9 Å². The maximum absolute atomic E-state index is 12.7. The lowest BCUT2D eigenvalue weighted by Gasteiger charge is -2.18. The van der Waals surface area contributed by atoms with E-state index in [1.807, 2.05) is 19.1 Å². The number of methoxy groups -OCH3 is 2. The summed E-state index contributed by atoms with van der Waals surface area (Å²) in [5.74, 6) is 1.00. The summed E-state index contributed by atoms with van der Waals surface area (Å²) in [4.78, 5) is 12.7. The SMILES string of the molecule is COc1ccc([C@@H](C)NC(=O)c2ccc3c(c2)CCN3S(C)(=O)=O)cc1OC. The molecule has 0 bridgehead atoms. The van der Waals surface area contributed by atoms with Gasteiger partial charge in [-0.2, -0.15) is 0 Å². The van der Waals surface area contributed by atoms with E-state index >= 15 is 0 Å². The lowest BCUT2D eigenvalue weighted by atomic mass is 10.1. The fourth-order valence-electron chi connectivity index (χ4n) is 3.34. The van der Waals surface area contributed by atoms with E-state index in [0.29, 0.717) is 35.7 Å². The first-order chi connectivity index (χ1) is 13.2. The largest absolute Gasteiger partial charge is 0.493 e. The molecule has 7 nitrogen and oxygen atoms in total. The number of rotatable bonds is 6. The number of amides is 1. The van der Waals surface area contributed by atoms with Gasteiger partial charge in [0.1, 0.15) is 0 Å². The summed E-state index contributed by atoms with van der Waals surface area (Å²) < 4.78 is 35.6. The van der Waals surface area contributed by atoms with Crippen LogP contribution in [-0.2, 0) is 16.4 Å². The van der Waals surface area contributed by atoms with Crippen molar-refractivity contribution in [1.82, 2.24) is 5.32 Å². The van der Waals surface area contributed by atoms with Gasteiger partial charge < -0.3 is 14.8 Å². The van der Waals surface area contributed by atoms with Gasteiger partial charge in [-0.25, -0.2) is 8.42 Å². The zero-order valence-electron chi connectivity index (χ0n) is 16.4. The first-order valence-corrected chi connectivity index (χ1v) is 10.7. The van der Waals surface area contributed by atoms with Crippen LogP contribution in [0.3, 0.4) is 0 Å². The highest BCUT2D eigenvalue weighted by Gasteiger charge is 2.27. The van der Waals surface area contributed by atoms with Crippen molar-refractivity contribution in [2.24, 2.45) is 0 Å². The second-order valence-electron chi connectivity index (χ2n) is 6.74. The molecule has 2 aromatic carbocycles. The zero-order chi connectivity index (χ0) is 20.5. The number of benzene rings is 2. The lowest BCUT2D eigenvalue weighted by molar-refractivity contribution is 0.0939. The number of carbonyl (C=O) groups is 1. The van der Waals surface area contributed by atoms with E-state index in [-0.39, 0.29) is 11.9 Å². The van der Waals surface area contributed by atoms with Crippen molar-refractivity contribution in [3.8, 4) is 11.5 Å². The van der Waals surface area contributed by atoms with Crippen LogP contribution in [0, 0.1) is 0 Å². The summed E-state index contributed by atoms with van der Waals surface area (Å²) >= 11 is 0. The molecule has 0 fully saturated rings. The zero-order valence-corrected chi connectivity index (χ0v) is 17.2. The predicted octanol–water partition coefficient (Wildman–Crippen LogP) is 2.52. The average molecular weight is 404 g/mol. The molecule has 1 aliphatic heterocycles. The summed E-state index contributed by atoms with van der Waals surface area (Å²) in [5.41, 5.74) is 2.89. The number of anilines is 1. The minimum Gasteiger partial charge on any atom is -0.493 e. The van der Waals surface area contributed by atoms with Gasteiger partial charge in [-0.15, -0.1) is 0 Å². The standard InChI is InChI=1S/C20H24N2O5S/c1-13(14-6-8-18(26-2)19(12-14)27-3)21-20(23)16-5-7-17-15(11-16)9-10-22(17)28(4,24)25/h5-8,11-13H,9-10H2,1-4H3,(H,21,23)/t13-/m1/s1. The van der Waals surface area contributed by atoms with Crippen LogP contribution >= 0.6 is 0 Å². The maximum atomic E-state index is 12.7. The molecule has 150 valence electrons. The molecule has 2 aromatic rings. The van der Waals surface area contributed by atoms with E-state index in [1.165, 1.54) is 10.6 Å². The summed E-state index contributed by atoms with van der Waals surface area (Å²) in [5, 5.41) is 2.97. The van der Waals surface area contributed by atoms with E-state index in [9.17, 15) is 13.2 Å². The molecule has 0 saturated heterocycles. The van der Waals surface area contributed by atoms with Gasteiger partial charge in [-0.3, -0.25) is 9.10 Å². The molecular weight excluding hydrogens is 380 g/mol. The van der Waals surface area contributed by atoms with Crippen LogP contribution in [0.25, 0.3) is 0 Å². The van der Waals surface area contributed by atoms with Gasteiger partial charge in [0.2, 0.25) is 10.0 Å². The van der Waals surface area contributed by atoms with Crippen molar-refractivity contribution in [3.63, 3.8) is 0 Å². The lowest BCUT2D eigenvalue weighted by Crippen LogP contribution is -2.28. The maximum Gasteiger partial charge on any atom is 0.251 e. The van der Waals surface area contributed by atoms with Crippen LogP contribution < -0.4 is 19.1 Å². The van der Waals surface area contributed by atoms with Crippen molar-refractivity contribution >= 4 is 21.6 Å². The Morgan fingerprint density at radius 1 is 1.11 bits per heavy atom. The van der Waals surface area contributed by atoms with Crippen LogP contribution in [0.4, 0.5) is 5.69 Å². The molecule has 0 radical (unpaired) electrons. The highest BCUT2D eigenvalue weighted by atomic mass is 32.2. The minimum absolute atomic E-state index is 0.220. The summed E-state index contributed by atoms with van der Waals surface area (Å²) in [6.45, 7) is 2.29. The van der Waals surface area contributed by atoms with E-state index in [0.717, 1.165) is 11.1 Å². The molecule has 8 heteroatoms. The van der Waals surface area contributed by atoms with Crippen LogP contribution in [0.2, 0.25) is 0 Å². The fourth-order valence-corrected chi connectivity index (χ4v) is 4.30. The second kappa shape index (κ2) is 7.71. The number of fused-ring (bicyclic) bond motifs is 1. The Kier molecular flexibility index (Phi) is 5.51. The number of hydrogen-bond donors (Lipinski definition) is 1. The molecule has 0 aliphatic carbocycles. The average Bonchev–Trinajstić information content (AvgIpc) is 3.10. The van der Waals surface area contributed by atoms with Gasteiger partial charge in [-0.05, 0) is 54.8 Å². The highest BCUT2D eigenvalue weighted by Crippen LogP contribution is 2.32. The summed E-state index contributed by atoms with van der Waals surface area (Å²) in [7, 11) is -0.170. The molecular formula is C20H24N2O5S. The Labute approximate surface area is 165 Å². The van der Waals surface area contributed by atoms with Crippen LogP contribution in [0.1, 0.15) is 34.5 Å². The third kappa shape index (κ3) is 3.91. The molecule has 1 N–H and O–H groups in total. The number of carbonyl (C=O) groups excluding carboxylic acids is 1. The van der Waals surface area contributed by atoms with Crippen LogP contribution in [0.5, 0.6) is 11.5 Å².